The van der Waals surface area contributed by atoms with Crippen molar-refractivity contribution in [3.05, 3.63) is 35.8 Å². The number of hydrogen-bond donors (Lipinski definition) is 1. The molecular formula is C15H20N4. The molecule has 0 atom stereocenters. The van der Waals surface area contributed by atoms with Gasteiger partial charge >= 0.3 is 0 Å². The van der Waals surface area contributed by atoms with Gasteiger partial charge in [-0.2, -0.15) is 0 Å². The van der Waals surface area contributed by atoms with Crippen LogP contribution in [0.3, 0.4) is 0 Å². The Labute approximate surface area is 114 Å². The van der Waals surface area contributed by atoms with Crippen LogP contribution in [0.2, 0.25) is 0 Å². The van der Waals surface area contributed by atoms with Crippen LogP contribution in [0.25, 0.3) is 11.4 Å². The molecule has 0 amide bonds. The van der Waals surface area contributed by atoms with Crippen molar-refractivity contribution in [1.82, 2.24) is 15.0 Å². The van der Waals surface area contributed by atoms with E-state index in [0.717, 1.165) is 35.0 Å². The van der Waals surface area contributed by atoms with Gasteiger partial charge in [0.2, 0.25) is 0 Å². The lowest BCUT2D eigenvalue weighted by atomic mass is 10.1. The zero-order chi connectivity index (χ0) is 13.8. The lowest BCUT2D eigenvalue weighted by molar-refractivity contribution is 0.635. The standard InChI is InChI=1S/C15H20N4/c1-10(2)7-13-8-14(16-4)19-15(18-13)12-6-5-11(3)17-9-12/h5-6,8-10H,7H2,1-4H3,(H,16,18,19). The Hall–Kier alpha value is -1.97. The van der Waals surface area contributed by atoms with Crippen molar-refractivity contribution in [2.45, 2.75) is 27.2 Å². The van der Waals surface area contributed by atoms with Gasteiger partial charge < -0.3 is 5.32 Å². The number of hydrogen-bond acceptors (Lipinski definition) is 4. The van der Waals surface area contributed by atoms with Gasteiger partial charge in [-0.25, -0.2) is 9.97 Å². The van der Waals surface area contributed by atoms with Gasteiger partial charge in [0.1, 0.15) is 5.82 Å². The fraction of sp³-hybridized carbons (Fsp3) is 0.400. The Morgan fingerprint density at radius 3 is 2.58 bits per heavy atom. The highest BCUT2D eigenvalue weighted by Crippen LogP contribution is 2.18. The highest BCUT2D eigenvalue weighted by molar-refractivity contribution is 5.56. The van der Waals surface area contributed by atoms with Gasteiger partial charge in [0.05, 0.1) is 0 Å². The summed E-state index contributed by atoms with van der Waals surface area (Å²) in [6, 6.07) is 5.99. The van der Waals surface area contributed by atoms with Crippen LogP contribution in [0, 0.1) is 12.8 Å². The summed E-state index contributed by atoms with van der Waals surface area (Å²) in [5.74, 6) is 2.15. The first-order valence-electron chi connectivity index (χ1n) is 6.57. The molecule has 0 radical (unpaired) electrons. The molecule has 0 aliphatic heterocycles. The molecule has 2 aromatic heterocycles. The summed E-state index contributed by atoms with van der Waals surface area (Å²) < 4.78 is 0. The highest BCUT2D eigenvalue weighted by Gasteiger charge is 2.08. The average molecular weight is 256 g/mol. The molecule has 4 heteroatoms. The molecule has 100 valence electrons. The molecule has 0 unspecified atom stereocenters. The smallest absolute Gasteiger partial charge is 0.163 e. The van der Waals surface area contributed by atoms with Gasteiger partial charge in [-0.1, -0.05) is 13.8 Å². The molecule has 0 spiro atoms. The van der Waals surface area contributed by atoms with Crippen LogP contribution >= 0.6 is 0 Å². The van der Waals surface area contributed by atoms with Crippen molar-refractivity contribution >= 4 is 5.82 Å². The minimum Gasteiger partial charge on any atom is -0.373 e. The number of pyridine rings is 1. The predicted molar refractivity (Wildman–Crippen MR) is 78.1 cm³/mol. The van der Waals surface area contributed by atoms with Crippen molar-refractivity contribution < 1.29 is 0 Å². The lowest BCUT2D eigenvalue weighted by Crippen LogP contribution is -2.04. The fourth-order valence-corrected chi connectivity index (χ4v) is 1.88. The average Bonchev–Trinajstić information content (AvgIpc) is 2.38. The maximum Gasteiger partial charge on any atom is 0.163 e. The van der Waals surface area contributed by atoms with Crippen molar-refractivity contribution in [3.63, 3.8) is 0 Å². The van der Waals surface area contributed by atoms with E-state index < -0.39 is 0 Å². The molecule has 0 saturated carbocycles. The van der Waals surface area contributed by atoms with Gasteiger partial charge in [0, 0.05) is 36.3 Å². The van der Waals surface area contributed by atoms with E-state index in [1.807, 2.05) is 38.4 Å². The number of aryl methyl sites for hydroxylation is 1. The van der Waals surface area contributed by atoms with Gasteiger partial charge in [-0.05, 0) is 31.4 Å². The summed E-state index contributed by atoms with van der Waals surface area (Å²) in [6.45, 7) is 6.35. The molecule has 0 aromatic carbocycles. The monoisotopic (exact) mass is 256 g/mol. The first kappa shape index (κ1) is 13.5. The SMILES string of the molecule is CNc1cc(CC(C)C)nc(-c2ccc(C)nc2)n1. The molecule has 2 rings (SSSR count). The molecule has 2 heterocycles. The van der Waals surface area contributed by atoms with E-state index in [9.17, 15) is 0 Å². The minimum atomic E-state index is 0.573. The maximum absolute atomic E-state index is 4.63. The third kappa shape index (κ3) is 3.50. The van der Waals surface area contributed by atoms with E-state index >= 15 is 0 Å². The zero-order valence-corrected chi connectivity index (χ0v) is 11.9. The second kappa shape index (κ2) is 5.78. The van der Waals surface area contributed by atoms with Crippen LogP contribution in [0.15, 0.2) is 24.4 Å². The summed E-state index contributed by atoms with van der Waals surface area (Å²) in [6.07, 6.45) is 2.77. The van der Waals surface area contributed by atoms with Crippen LogP contribution in [0.1, 0.15) is 25.2 Å². The fourth-order valence-electron chi connectivity index (χ4n) is 1.88. The Morgan fingerprint density at radius 2 is 2.00 bits per heavy atom. The molecule has 0 aliphatic carbocycles. The van der Waals surface area contributed by atoms with Gasteiger partial charge in [-0.15, -0.1) is 0 Å². The second-order valence-electron chi connectivity index (χ2n) is 5.10. The van der Waals surface area contributed by atoms with Crippen molar-refractivity contribution in [3.8, 4) is 11.4 Å². The van der Waals surface area contributed by atoms with Crippen LogP contribution < -0.4 is 5.32 Å². The van der Waals surface area contributed by atoms with E-state index in [1.54, 1.807) is 0 Å². The van der Waals surface area contributed by atoms with E-state index in [2.05, 4.69) is 34.1 Å². The van der Waals surface area contributed by atoms with E-state index in [-0.39, 0.29) is 0 Å². The molecule has 0 saturated heterocycles. The van der Waals surface area contributed by atoms with Crippen LogP contribution in [-0.2, 0) is 6.42 Å². The molecule has 0 bridgehead atoms. The molecular weight excluding hydrogens is 236 g/mol. The maximum atomic E-state index is 4.63. The summed E-state index contributed by atoms with van der Waals surface area (Å²) in [5, 5.41) is 3.09. The van der Waals surface area contributed by atoms with Crippen LogP contribution in [0.4, 0.5) is 5.82 Å². The molecule has 0 fully saturated rings. The summed E-state index contributed by atoms with van der Waals surface area (Å²) in [7, 11) is 1.87. The Bertz CT molecular complexity index is 547. The lowest BCUT2D eigenvalue weighted by Gasteiger charge is -2.09. The summed E-state index contributed by atoms with van der Waals surface area (Å²) >= 11 is 0. The van der Waals surface area contributed by atoms with Crippen LogP contribution in [-0.4, -0.2) is 22.0 Å². The number of nitrogens with one attached hydrogen (secondary N) is 1. The highest BCUT2D eigenvalue weighted by atomic mass is 15.0. The van der Waals surface area contributed by atoms with Crippen molar-refractivity contribution in [1.29, 1.82) is 0 Å². The number of rotatable bonds is 4. The van der Waals surface area contributed by atoms with Crippen molar-refractivity contribution in [2.24, 2.45) is 5.92 Å². The quantitative estimate of drug-likeness (QED) is 0.913. The first-order chi connectivity index (χ1) is 9.08. The topological polar surface area (TPSA) is 50.7 Å². The minimum absolute atomic E-state index is 0.573. The Kier molecular flexibility index (Phi) is 4.10. The normalized spacial score (nSPS) is 10.8. The van der Waals surface area contributed by atoms with Crippen molar-refractivity contribution in [2.75, 3.05) is 12.4 Å². The molecule has 4 nitrogen and oxygen atoms in total. The molecule has 2 aromatic rings. The van der Waals surface area contributed by atoms with Gasteiger partial charge in [-0.3, -0.25) is 4.98 Å². The van der Waals surface area contributed by atoms with Gasteiger partial charge in [0.25, 0.3) is 0 Å². The molecule has 1 N–H and O–H groups in total. The second-order valence-corrected chi connectivity index (χ2v) is 5.10. The number of nitrogens with zero attached hydrogens (tertiary/aromatic N) is 3. The summed E-state index contributed by atoms with van der Waals surface area (Å²) in [4.78, 5) is 13.4. The first-order valence-corrected chi connectivity index (χ1v) is 6.57. The zero-order valence-electron chi connectivity index (χ0n) is 11.9. The van der Waals surface area contributed by atoms with E-state index in [1.165, 1.54) is 0 Å². The van der Waals surface area contributed by atoms with Crippen LogP contribution in [0.5, 0.6) is 0 Å². The molecule has 19 heavy (non-hydrogen) atoms. The van der Waals surface area contributed by atoms with E-state index in [0.29, 0.717) is 5.92 Å². The summed E-state index contributed by atoms with van der Waals surface area (Å²) in [5.41, 5.74) is 3.01. The Morgan fingerprint density at radius 1 is 1.21 bits per heavy atom. The predicted octanol–water partition coefficient (Wildman–Crippen LogP) is 3.09. The number of anilines is 1. The van der Waals surface area contributed by atoms with Gasteiger partial charge in [0.15, 0.2) is 5.82 Å². The third-order valence-corrected chi connectivity index (χ3v) is 2.82. The van der Waals surface area contributed by atoms with E-state index in [4.69, 9.17) is 0 Å². The Balaban J connectivity index is 2.41. The molecule has 0 aliphatic rings. The number of aromatic nitrogens is 3. The largest absolute Gasteiger partial charge is 0.373 e. The third-order valence-electron chi connectivity index (χ3n) is 2.82.